The molecule has 2 aromatic carbocycles. The Bertz CT molecular complexity index is 1340. The molecule has 0 spiro atoms. The Morgan fingerprint density at radius 3 is 2.82 bits per heavy atom. The number of benzene rings is 2. The second-order valence-electron chi connectivity index (χ2n) is 8.21. The standard InChI is InChI=1S/C26H24FN5O2/c1-3-8-28-24-16(2)31-26(33)23(24)20-13-17(4-7-21(20)27)25-19-6-5-18(14-22(19)29-15-30-25)32-9-11-34-12-10-32/h3-8,13-15,23H,1,9-12H2,2H3,(H,31,33). The molecule has 1 aromatic heterocycles. The fourth-order valence-electron chi connectivity index (χ4n) is 4.46. The Morgan fingerprint density at radius 2 is 2.03 bits per heavy atom. The summed E-state index contributed by atoms with van der Waals surface area (Å²) in [6.45, 7) is 8.44. The van der Waals surface area contributed by atoms with Gasteiger partial charge in [-0.2, -0.15) is 0 Å². The second-order valence-corrected chi connectivity index (χ2v) is 8.21. The molecule has 2 aliphatic rings. The Balaban J connectivity index is 1.57. The number of nitrogens with one attached hydrogen (secondary N) is 1. The molecule has 2 aliphatic heterocycles. The molecule has 1 saturated heterocycles. The molecule has 1 amide bonds. The van der Waals surface area contributed by atoms with Crippen LogP contribution in [0.1, 0.15) is 18.4 Å². The Kier molecular flexibility index (Phi) is 5.90. The minimum absolute atomic E-state index is 0.250. The average Bonchev–Trinajstić information content (AvgIpc) is 3.15. The van der Waals surface area contributed by atoms with Gasteiger partial charge in [0.1, 0.15) is 18.1 Å². The van der Waals surface area contributed by atoms with Gasteiger partial charge >= 0.3 is 0 Å². The number of fused-ring (bicyclic) bond motifs is 1. The first kappa shape index (κ1) is 21.9. The molecule has 0 aliphatic carbocycles. The largest absolute Gasteiger partial charge is 0.378 e. The fraction of sp³-hybridized carbons (Fsp3) is 0.231. The van der Waals surface area contributed by atoms with E-state index < -0.39 is 11.7 Å². The van der Waals surface area contributed by atoms with Crippen molar-refractivity contribution in [2.45, 2.75) is 12.8 Å². The van der Waals surface area contributed by atoms with Crippen molar-refractivity contribution in [1.82, 2.24) is 15.3 Å². The number of nitrogens with zero attached hydrogens (tertiary/aromatic N) is 4. The molecule has 1 N–H and O–H groups in total. The molecule has 5 rings (SSSR count). The maximum atomic E-state index is 15.0. The van der Waals surface area contributed by atoms with Gasteiger partial charge in [0.2, 0.25) is 5.91 Å². The van der Waals surface area contributed by atoms with Crippen molar-refractivity contribution in [2.24, 2.45) is 4.99 Å². The summed E-state index contributed by atoms with van der Waals surface area (Å²) in [5, 5.41) is 3.62. The van der Waals surface area contributed by atoms with Crippen LogP contribution < -0.4 is 10.2 Å². The van der Waals surface area contributed by atoms with Gasteiger partial charge < -0.3 is 15.0 Å². The van der Waals surface area contributed by atoms with E-state index in [0.29, 0.717) is 35.9 Å². The summed E-state index contributed by atoms with van der Waals surface area (Å²) < 4.78 is 20.4. The first-order valence-corrected chi connectivity index (χ1v) is 11.1. The summed E-state index contributed by atoms with van der Waals surface area (Å²) in [4.78, 5) is 28.3. The van der Waals surface area contributed by atoms with Crippen molar-refractivity contribution in [3.05, 3.63) is 78.2 Å². The van der Waals surface area contributed by atoms with Crippen LogP contribution in [0, 0.1) is 5.82 Å². The van der Waals surface area contributed by atoms with Crippen LogP contribution in [0.15, 0.2) is 71.8 Å². The van der Waals surface area contributed by atoms with Crippen molar-refractivity contribution < 1.29 is 13.9 Å². The van der Waals surface area contributed by atoms with Gasteiger partial charge in [-0.1, -0.05) is 12.7 Å². The van der Waals surface area contributed by atoms with E-state index in [1.165, 1.54) is 24.7 Å². The summed E-state index contributed by atoms with van der Waals surface area (Å²) in [6.07, 6.45) is 4.53. The van der Waals surface area contributed by atoms with Crippen molar-refractivity contribution in [2.75, 3.05) is 31.2 Å². The number of anilines is 1. The number of ether oxygens (including phenoxy) is 1. The highest BCUT2D eigenvalue weighted by Crippen LogP contribution is 2.37. The first-order valence-electron chi connectivity index (χ1n) is 11.1. The zero-order valence-electron chi connectivity index (χ0n) is 18.8. The summed E-state index contributed by atoms with van der Waals surface area (Å²) in [7, 11) is 0. The molecular weight excluding hydrogens is 433 g/mol. The second kappa shape index (κ2) is 9.15. The lowest BCUT2D eigenvalue weighted by molar-refractivity contribution is -0.120. The SMILES string of the molecule is C=CC=NC1=C(C)NC(=O)C1c1cc(-c2ncnc3cc(N4CCOCC4)ccc23)ccc1F. The number of aliphatic imine (C=N–C) groups is 1. The smallest absolute Gasteiger partial charge is 0.237 e. The predicted octanol–water partition coefficient (Wildman–Crippen LogP) is 3.97. The minimum atomic E-state index is -0.850. The predicted molar refractivity (Wildman–Crippen MR) is 130 cm³/mol. The van der Waals surface area contributed by atoms with Crippen LogP contribution in [0.25, 0.3) is 22.2 Å². The topological polar surface area (TPSA) is 79.7 Å². The van der Waals surface area contributed by atoms with E-state index in [0.717, 1.165) is 29.7 Å². The van der Waals surface area contributed by atoms with Crippen molar-refractivity contribution in [1.29, 1.82) is 0 Å². The number of hydrogen-bond acceptors (Lipinski definition) is 6. The highest BCUT2D eigenvalue weighted by atomic mass is 19.1. The summed E-state index contributed by atoms with van der Waals surface area (Å²) in [5.74, 6) is -1.64. The van der Waals surface area contributed by atoms with Gasteiger partial charge in [0.15, 0.2) is 0 Å². The molecule has 1 unspecified atom stereocenters. The van der Waals surface area contributed by atoms with Crippen LogP contribution in [0.4, 0.5) is 10.1 Å². The van der Waals surface area contributed by atoms with Crippen LogP contribution >= 0.6 is 0 Å². The molecule has 0 saturated carbocycles. The zero-order valence-corrected chi connectivity index (χ0v) is 18.8. The molecule has 0 radical (unpaired) electrons. The molecule has 1 atom stereocenters. The van der Waals surface area contributed by atoms with Gasteiger partial charge in [-0.15, -0.1) is 0 Å². The number of halogens is 1. The molecule has 172 valence electrons. The Hall–Kier alpha value is -3.91. The van der Waals surface area contributed by atoms with Crippen molar-refractivity contribution >= 4 is 28.7 Å². The van der Waals surface area contributed by atoms with Crippen molar-refractivity contribution in [3.8, 4) is 11.3 Å². The number of rotatable bonds is 5. The van der Waals surface area contributed by atoms with Gasteiger partial charge in [0.05, 0.1) is 30.1 Å². The molecule has 34 heavy (non-hydrogen) atoms. The third kappa shape index (κ3) is 3.97. The fourth-order valence-corrected chi connectivity index (χ4v) is 4.46. The number of morpholine rings is 1. The van der Waals surface area contributed by atoms with E-state index in [2.05, 4.69) is 31.8 Å². The molecule has 0 bridgehead atoms. The normalized spacial score (nSPS) is 18.7. The molecule has 7 nitrogen and oxygen atoms in total. The highest BCUT2D eigenvalue weighted by Gasteiger charge is 2.35. The monoisotopic (exact) mass is 457 g/mol. The summed E-state index contributed by atoms with van der Waals surface area (Å²) in [6, 6.07) is 10.8. The number of carbonyl (C=O) groups is 1. The number of amides is 1. The molecule has 3 heterocycles. The van der Waals surface area contributed by atoms with Crippen LogP contribution in [0.3, 0.4) is 0 Å². The van der Waals surface area contributed by atoms with E-state index in [1.807, 2.05) is 18.2 Å². The summed E-state index contributed by atoms with van der Waals surface area (Å²) >= 11 is 0. The van der Waals surface area contributed by atoms with Crippen LogP contribution in [-0.2, 0) is 9.53 Å². The van der Waals surface area contributed by atoms with Gasteiger partial charge in [0, 0.05) is 47.2 Å². The molecule has 8 heteroatoms. The lowest BCUT2D eigenvalue weighted by atomic mass is 9.93. The van der Waals surface area contributed by atoms with Crippen molar-refractivity contribution in [3.63, 3.8) is 0 Å². The van der Waals surface area contributed by atoms with E-state index in [1.54, 1.807) is 19.1 Å². The van der Waals surface area contributed by atoms with Gasteiger partial charge in [0.25, 0.3) is 0 Å². The molecular formula is C26H24FN5O2. The van der Waals surface area contributed by atoms with Gasteiger partial charge in [-0.25, -0.2) is 14.4 Å². The van der Waals surface area contributed by atoms with Crippen LogP contribution in [0.5, 0.6) is 0 Å². The number of hydrogen-bond donors (Lipinski definition) is 1. The van der Waals surface area contributed by atoms with Crippen LogP contribution in [0.2, 0.25) is 0 Å². The van der Waals surface area contributed by atoms with E-state index >= 15 is 0 Å². The van der Waals surface area contributed by atoms with Gasteiger partial charge in [-0.05, 0) is 43.3 Å². The minimum Gasteiger partial charge on any atom is -0.378 e. The zero-order chi connectivity index (χ0) is 23.7. The molecule has 3 aromatic rings. The average molecular weight is 458 g/mol. The van der Waals surface area contributed by atoms with Crippen LogP contribution in [-0.4, -0.2) is 48.4 Å². The van der Waals surface area contributed by atoms with Gasteiger partial charge in [-0.3, -0.25) is 9.79 Å². The lowest BCUT2D eigenvalue weighted by Crippen LogP contribution is -2.36. The Labute approximate surface area is 196 Å². The number of carbonyl (C=O) groups excluding carboxylic acids is 1. The third-order valence-corrected chi connectivity index (χ3v) is 6.13. The third-order valence-electron chi connectivity index (χ3n) is 6.13. The highest BCUT2D eigenvalue weighted by molar-refractivity contribution is 5.95. The van der Waals surface area contributed by atoms with E-state index in [4.69, 9.17) is 4.74 Å². The molecule has 1 fully saturated rings. The van der Waals surface area contributed by atoms with E-state index in [-0.39, 0.29) is 11.5 Å². The number of aromatic nitrogens is 2. The first-order chi connectivity index (χ1) is 16.6. The lowest BCUT2D eigenvalue weighted by Gasteiger charge is -2.29. The van der Waals surface area contributed by atoms with E-state index in [9.17, 15) is 9.18 Å². The Morgan fingerprint density at radius 1 is 1.21 bits per heavy atom. The maximum Gasteiger partial charge on any atom is 0.237 e. The maximum absolute atomic E-state index is 15.0. The summed E-state index contributed by atoms with van der Waals surface area (Å²) in [5.41, 5.74) is 4.57. The quantitative estimate of drug-likeness (QED) is 0.587. The number of allylic oxidation sites excluding steroid dienone is 2.